The number of halogens is 2. The van der Waals surface area contributed by atoms with E-state index < -0.39 is 11.6 Å². The number of benzene rings is 2. The average molecular weight is 427 g/mol. The standard InChI is InChI=1S/C26H32F2N2O/c1-15-10-18(11-16(2)22(15)23(24(29)31)25(3,4)5)30-9-8-26(6-7-26)19-13-21(28)20(27)12-17(19)14-30/h10-13,23H,6-9,14H2,1-5H3,(H2,29,31). The average Bonchev–Trinajstić information content (AvgIpc) is 3.44. The van der Waals surface area contributed by atoms with Gasteiger partial charge in [-0.25, -0.2) is 8.78 Å². The molecule has 0 radical (unpaired) electrons. The quantitative estimate of drug-likeness (QED) is 0.691. The molecule has 2 aliphatic rings. The molecule has 0 bridgehead atoms. The number of primary amides is 1. The minimum absolute atomic E-state index is 0.00798. The molecular weight excluding hydrogens is 394 g/mol. The van der Waals surface area contributed by atoms with Crippen molar-refractivity contribution < 1.29 is 13.6 Å². The zero-order chi connectivity index (χ0) is 22.7. The smallest absolute Gasteiger partial charge is 0.225 e. The second kappa shape index (κ2) is 7.32. The van der Waals surface area contributed by atoms with Crippen LogP contribution in [0.1, 0.15) is 73.8 Å². The Morgan fingerprint density at radius 1 is 1.03 bits per heavy atom. The number of nitrogens with two attached hydrogens (primary N) is 1. The molecule has 5 heteroatoms. The highest BCUT2D eigenvalue weighted by Gasteiger charge is 2.47. The number of anilines is 1. The highest BCUT2D eigenvalue weighted by atomic mass is 19.2. The normalized spacial score (nSPS) is 18.5. The van der Waals surface area contributed by atoms with E-state index in [-0.39, 0.29) is 22.7 Å². The first kappa shape index (κ1) is 21.8. The molecule has 0 aromatic heterocycles. The van der Waals surface area contributed by atoms with Gasteiger partial charge in [-0.3, -0.25) is 4.79 Å². The van der Waals surface area contributed by atoms with Crippen LogP contribution in [-0.2, 0) is 16.8 Å². The van der Waals surface area contributed by atoms with Crippen LogP contribution in [0.3, 0.4) is 0 Å². The molecule has 0 saturated heterocycles. The third-order valence-electron chi connectivity index (χ3n) is 7.18. The molecule has 2 aromatic carbocycles. The highest BCUT2D eigenvalue weighted by Crippen LogP contribution is 2.54. The number of fused-ring (bicyclic) bond motifs is 2. The van der Waals surface area contributed by atoms with E-state index in [1.165, 1.54) is 12.1 Å². The van der Waals surface area contributed by atoms with Crippen molar-refractivity contribution in [3.8, 4) is 0 Å². The molecule has 1 saturated carbocycles. The molecule has 3 nitrogen and oxygen atoms in total. The first-order chi connectivity index (χ1) is 14.4. The first-order valence-corrected chi connectivity index (χ1v) is 11.1. The fourth-order valence-electron chi connectivity index (χ4n) is 5.46. The summed E-state index contributed by atoms with van der Waals surface area (Å²) in [6, 6.07) is 7.00. The van der Waals surface area contributed by atoms with Gasteiger partial charge in [0.15, 0.2) is 11.6 Å². The van der Waals surface area contributed by atoms with Gasteiger partial charge >= 0.3 is 0 Å². The van der Waals surface area contributed by atoms with Crippen LogP contribution in [0.5, 0.6) is 0 Å². The SMILES string of the molecule is Cc1cc(N2CCC3(CC3)c3cc(F)c(F)cc3C2)cc(C)c1C(C(N)=O)C(C)(C)C. The van der Waals surface area contributed by atoms with Crippen molar-refractivity contribution in [1.82, 2.24) is 0 Å². The van der Waals surface area contributed by atoms with Crippen LogP contribution in [0.25, 0.3) is 0 Å². The number of carbonyl (C=O) groups is 1. The summed E-state index contributed by atoms with van der Waals surface area (Å²) >= 11 is 0. The van der Waals surface area contributed by atoms with E-state index >= 15 is 0 Å². The van der Waals surface area contributed by atoms with Gasteiger partial charge in [0, 0.05) is 18.8 Å². The molecule has 166 valence electrons. The van der Waals surface area contributed by atoms with Gasteiger partial charge in [-0.15, -0.1) is 0 Å². The summed E-state index contributed by atoms with van der Waals surface area (Å²) in [5.41, 5.74) is 11.4. The van der Waals surface area contributed by atoms with Gasteiger partial charge in [0.05, 0.1) is 5.92 Å². The van der Waals surface area contributed by atoms with E-state index in [0.29, 0.717) is 6.54 Å². The summed E-state index contributed by atoms with van der Waals surface area (Å²) in [6.07, 6.45) is 2.99. The fraction of sp³-hybridized carbons (Fsp3) is 0.500. The van der Waals surface area contributed by atoms with Crippen molar-refractivity contribution >= 4 is 11.6 Å². The molecule has 2 N–H and O–H groups in total. The zero-order valence-electron chi connectivity index (χ0n) is 19.1. The lowest BCUT2D eigenvalue weighted by atomic mass is 9.73. The Kier molecular flexibility index (Phi) is 5.14. The van der Waals surface area contributed by atoms with Crippen molar-refractivity contribution in [2.45, 2.75) is 71.8 Å². The topological polar surface area (TPSA) is 46.3 Å². The van der Waals surface area contributed by atoms with Crippen LogP contribution >= 0.6 is 0 Å². The Morgan fingerprint density at radius 2 is 1.61 bits per heavy atom. The molecule has 1 aliphatic heterocycles. The Balaban J connectivity index is 1.74. The predicted molar refractivity (Wildman–Crippen MR) is 120 cm³/mol. The van der Waals surface area contributed by atoms with Crippen molar-refractivity contribution in [2.24, 2.45) is 11.1 Å². The zero-order valence-corrected chi connectivity index (χ0v) is 19.1. The Labute approximate surface area is 183 Å². The molecule has 4 rings (SSSR count). The monoisotopic (exact) mass is 426 g/mol. The summed E-state index contributed by atoms with van der Waals surface area (Å²) < 4.78 is 28.1. The number of carbonyl (C=O) groups excluding carboxylic acids is 1. The summed E-state index contributed by atoms with van der Waals surface area (Å²) in [5, 5.41) is 0. The molecule has 1 heterocycles. The highest BCUT2D eigenvalue weighted by molar-refractivity contribution is 5.84. The Morgan fingerprint density at radius 3 is 2.13 bits per heavy atom. The van der Waals surface area contributed by atoms with E-state index in [1.54, 1.807) is 0 Å². The van der Waals surface area contributed by atoms with Crippen molar-refractivity contribution in [2.75, 3.05) is 11.4 Å². The molecular formula is C26H32F2N2O. The van der Waals surface area contributed by atoms with Crippen LogP contribution in [-0.4, -0.2) is 12.5 Å². The van der Waals surface area contributed by atoms with Gasteiger partial charge in [-0.05, 0) is 96.0 Å². The second-order valence-electron chi connectivity index (χ2n) is 10.6. The van der Waals surface area contributed by atoms with Crippen LogP contribution in [0.4, 0.5) is 14.5 Å². The lowest BCUT2D eigenvalue weighted by Gasteiger charge is -2.32. The number of hydrogen-bond acceptors (Lipinski definition) is 2. The van der Waals surface area contributed by atoms with Crippen LogP contribution in [0.15, 0.2) is 24.3 Å². The van der Waals surface area contributed by atoms with Crippen LogP contribution in [0.2, 0.25) is 0 Å². The van der Waals surface area contributed by atoms with Crippen molar-refractivity contribution in [1.29, 1.82) is 0 Å². The fourth-order valence-corrected chi connectivity index (χ4v) is 5.46. The maximum absolute atomic E-state index is 14.1. The van der Waals surface area contributed by atoms with Gasteiger partial charge < -0.3 is 10.6 Å². The number of aryl methyl sites for hydroxylation is 2. The maximum atomic E-state index is 14.1. The van der Waals surface area contributed by atoms with E-state index in [0.717, 1.165) is 59.3 Å². The molecule has 1 fully saturated rings. The third-order valence-corrected chi connectivity index (χ3v) is 7.18. The third kappa shape index (κ3) is 3.83. The summed E-state index contributed by atoms with van der Waals surface area (Å²) in [5.74, 6) is -2.23. The number of amides is 1. The molecule has 1 amide bonds. The van der Waals surface area contributed by atoms with E-state index in [4.69, 9.17) is 5.73 Å². The first-order valence-electron chi connectivity index (χ1n) is 11.1. The molecule has 1 unspecified atom stereocenters. The van der Waals surface area contributed by atoms with Gasteiger partial charge in [0.2, 0.25) is 5.91 Å². The molecule has 1 aliphatic carbocycles. The molecule has 31 heavy (non-hydrogen) atoms. The lowest BCUT2D eigenvalue weighted by Crippen LogP contribution is -2.33. The van der Waals surface area contributed by atoms with Crippen molar-refractivity contribution in [3.63, 3.8) is 0 Å². The Bertz CT molecular complexity index is 1030. The van der Waals surface area contributed by atoms with Gasteiger partial charge in [-0.2, -0.15) is 0 Å². The summed E-state index contributed by atoms with van der Waals surface area (Å²) in [6.45, 7) is 11.5. The van der Waals surface area contributed by atoms with Crippen LogP contribution < -0.4 is 10.6 Å². The molecule has 1 spiro atoms. The predicted octanol–water partition coefficient (Wildman–Crippen LogP) is 5.64. The maximum Gasteiger partial charge on any atom is 0.225 e. The largest absolute Gasteiger partial charge is 0.369 e. The molecule has 2 aromatic rings. The minimum atomic E-state index is -0.784. The van der Waals surface area contributed by atoms with Gasteiger partial charge in [0.1, 0.15) is 0 Å². The summed E-state index contributed by atoms with van der Waals surface area (Å²) in [4.78, 5) is 14.6. The molecule has 1 atom stereocenters. The van der Waals surface area contributed by atoms with E-state index in [1.807, 2.05) is 34.6 Å². The minimum Gasteiger partial charge on any atom is -0.369 e. The van der Waals surface area contributed by atoms with Gasteiger partial charge in [0.25, 0.3) is 0 Å². The number of rotatable bonds is 3. The van der Waals surface area contributed by atoms with Crippen molar-refractivity contribution in [3.05, 3.63) is 63.7 Å². The van der Waals surface area contributed by atoms with E-state index in [9.17, 15) is 13.6 Å². The van der Waals surface area contributed by atoms with Crippen LogP contribution in [0, 0.1) is 30.9 Å². The Hall–Kier alpha value is -2.43. The summed E-state index contributed by atoms with van der Waals surface area (Å²) in [7, 11) is 0. The second-order valence-corrected chi connectivity index (χ2v) is 10.6. The lowest BCUT2D eigenvalue weighted by molar-refractivity contribution is -0.121. The number of nitrogens with zero attached hydrogens (tertiary/aromatic N) is 1. The van der Waals surface area contributed by atoms with E-state index in [2.05, 4.69) is 17.0 Å². The van der Waals surface area contributed by atoms with Gasteiger partial charge in [-0.1, -0.05) is 20.8 Å². The number of hydrogen-bond donors (Lipinski definition) is 1.